The Balaban J connectivity index is 1.38. The minimum atomic E-state index is -0.0452. The smallest absolute Gasteiger partial charge is 0.299 e. The molecule has 4 heterocycles. The van der Waals surface area contributed by atoms with E-state index in [1.165, 1.54) is 19.3 Å². The summed E-state index contributed by atoms with van der Waals surface area (Å²) < 4.78 is 11.7. The molecule has 2 aromatic rings. The highest BCUT2D eigenvalue weighted by Crippen LogP contribution is 2.33. The molecule has 1 aromatic heterocycles. The Hall–Kier alpha value is -2.12. The van der Waals surface area contributed by atoms with Crippen LogP contribution in [0, 0.1) is 0 Å². The Morgan fingerprint density at radius 3 is 2.53 bits per heavy atom. The van der Waals surface area contributed by atoms with Crippen LogP contribution >= 0.6 is 0 Å². The number of rotatable bonds is 3. The van der Waals surface area contributed by atoms with Gasteiger partial charge in [-0.1, -0.05) is 12.5 Å². The van der Waals surface area contributed by atoms with Gasteiger partial charge in [-0.25, -0.2) is 0 Å². The third-order valence-corrected chi connectivity index (χ3v) is 7.22. The van der Waals surface area contributed by atoms with Crippen LogP contribution in [-0.4, -0.2) is 66.3 Å². The van der Waals surface area contributed by atoms with Crippen molar-refractivity contribution in [2.45, 2.75) is 76.2 Å². The molecule has 1 aromatic carbocycles. The van der Waals surface area contributed by atoms with Gasteiger partial charge in [-0.3, -0.25) is 4.79 Å². The summed E-state index contributed by atoms with van der Waals surface area (Å²) in [5, 5.41) is 3.30. The second-order valence-corrected chi connectivity index (χ2v) is 9.34. The van der Waals surface area contributed by atoms with Crippen molar-refractivity contribution in [3.8, 4) is 0 Å². The molecule has 3 fully saturated rings. The molecule has 3 saturated heterocycles. The van der Waals surface area contributed by atoms with Crippen molar-refractivity contribution in [1.82, 2.24) is 15.2 Å². The normalized spacial score (nSPS) is 32.4. The highest BCUT2D eigenvalue weighted by atomic mass is 16.5. The van der Waals surface area contributed by atoms with Crippen molar-refractivity contribution in [1.29, 1.82) is 0 Å². The molecule has 0 spiro atoms. The van der Waals surface area contributed by atoms with Gasteiger partial charge in [-0.15, -0.1) is 0 Å². The number of nitrogens with one attached hydrogen (secondary N) is 1. The quantitative estimate of drug-likeness (QED) is 0.835. The zero-order valence-corrected chi connectivity index (χ0v) is 18.1. The van der Waals surface area contributed by atoms with E-state index >= 15 is 0 Å². The number of hydrogen-bond acceptors (Lipinski definition) is 6. The molecule has 2 bridgehead atoms. The van der Waals surface area contributed by atoms with Crippen molar-refractivity contribution in [2.24, 2.45) is 0 Å². The van der Waals surface area contributed by atoms with Gasteiger partial charge in [0.2, 0.25) is 0 Å². The van der Waals surface area contributed by atoms with Crippen molar-refractivity contribution in [2.75, 3.05) is 25.2 Å². The molecular weight excluding hydrogens is 380 g/mol. The lowest BCUT2D eigenvalue weighted by Gasteiger charge is -2.47. The first-order valence-corrected chi connectivity index (χ1v) is 11.3. The fraction of sp³-hybridized carbons (Fsp3) is 0.652. The molecular formula is C23H32N4O3. The monoisotopic (exact) mass is 412 g/mol. The summed E-state index contributed by atoms with van der Waals surface area (Å²) in [5.41, 5.74) is 1.90. The zero-order chi connectivity index (χ0) is 20.8. The maximum atomic E-state index is 13.2. The van der Waals surface area contributed by atoms with Gasteiger partial charge in [0.1, 0.15) is 5.52 Å². The van der Waals surface area contributed by atoms with E-state index in [2.05, 4.69) is 36.0 Å². The number of para-hydroxylation sites is 1. The topological polar surface area (TPSA) is 70.8 Å². The van der Waals surface area contributed by atoms with Gasteiger partial charge in [0, 0.05) is 18.1 Å². The van der Waals surface area contributed by atoms with Gasteiger partial charge in [0.05, 0.1) is 30.9 Å². The Kier molecular flexibility index (Phi) is 5.19. The molecule has 0 radical (unpaired) electrons. The Morgan fingerprint density at radius 2 is 1.83 bits per heavy atom. The van der Waals surface area contributed by atoms with Crippen LogP contribution < -0.4 is 10.2 Å². The summed E-state index contributed by atoms with van der Waals surface area (Å²) in [6, 6.07) is 7.94. The SMILES string of the molecule is C[C@H]1COC[C@H](C)N1c1nc2c(C(=O)NC3CC4CCCC(C3)N4C)cccc2o1. The van der Waals surface area contributed by atoms with Crippen molar-refractivity contribution in [3.63, 3.8) is 0 Å². The predicted octanol–water partition coefficient (Wildman–Crippen LogP) is 3.19. The summed E-state index contributed by atoms with van der Waals surface area (Å²) in [7, 11) is 2.23. The predicted molar refractivity (Wildman–Crippen MR) is 116 cm³/mol. The number of nitrogens with zero attached hydrogens (tertiary/aromatic N) is 3. The number of ether oxygens (including phenoxy) is 1. The van der Waals surface area contributed by atoms with Crippen molar-refractivity contribution in [3.05, 3.63) is 23.8 Å². The van der Waals surface area contributed by atoms with E-state index in [1.54, 1.807) is 0 Å². The number of oxazole rings is 1. The third kappa shape index (κ3) is 3.48. The molecule has 0 saturated carbocycles. The van der Waals surface area contributed by atoms with Crippen LogP contribution in [0.5, 0.6) is 0 Å². The Labute approximate surface area is 177 Å². The van der Waals surface area contributed by atoms with Gasteiger partial charge < -0.3 is 24.3 Å². The lowest BCUT2D eigenvalue weighted by molar-refractivity contribution is 0.0463. The maximum Gasteiger partial charge on any atom is 0.299 e. The molecule has 2 unspecified atom stereocenters. The summed E-state index contributed by atoms with van der Waals surface area (Å²) >= 11 is 0. The first-order chi connectivity index (χ1) is 14.5. The molecule has 3 aliphatic heterocycles. The average molecular weight is 413 g/mol. The van der Waals surface area contributed by atoms with E-state index in [-0.39, 0.29) is 24.0 Å². The molecule has 0 aliphatic carbocycles. The van der Waals surface area contributed by atoms with Crippen molar-refractivity contribution < 1.29 is 13.9 Å². The zero-order valence-electron chi connectivity index (χ0n) is 18.1. The lowest BCUT2D eigenvalue weighted by Crippen LogP contribution is -2.55. The van der Waals surface area contributed by atoms with Crippen LogP contribution in [-0.2, 0) is 4.74 Å². The van der Waals surface area contributed by atoms with E-state index in [0.29, 0.717) is 48.0 Å². The van der Waals surface area contributed by atoms with Gasteiger partial charge in [-0.05, 0) is 58.7 Å². The maximum absolute atomic E-state index is 13.2. The van der Waals surface area contributed by atoms with Crippen LogP contribution in [0.2, 0.25) is 0 Å². The summed E-state index contributed by atoms with van der Waals surface area (Å²) in [5.74, 6) is -0.0452. The summed E-state index contributed by atoms with van der Waals surface area (Å²) in [6.45, 7) is 5.51. The highest BCUT2D eigenvalue weighted by Gasteiger charge is 2.37. The largest absolute Gasteiger partial charge is 0.423 e. The van der Waals surface area contributed by atoms with Crippen LogP contribution in [0.4, 0.5) is 6.01 Å². The van der Waals surface area contributed by atoms with E-state index in [4.69, 9.17) is 14.1 Å². The minimum absolute atomic E-state index is 0.0452. The Bertz CT molecular complexity index is 904. The fourth-order valence-electron chi connectivity index (χ4n) is 5.61. The molecule has 7 heteroatoms. The number of piperidine rings is 2. The first-order valence-electron chi connectivity index (χ1n) is 11.3. The molecule has 5 rings (SSSR count). The van der Waals surface area contributed by atoms with E-state index < -0.39 is 0 Å². The molecule has 1 N–H and O–H groups in total. The van der Waals surface area contributed by atoms with Gasteiger partial charge in [0.15, 0.2) is 5.58 Å². The first kappa shape index (κ1) is 19.8. The van der Waals surface area contributed by atoms with Crippen LogP contribution in [0.25, 0.3) is 11.1 Å². The number of benzene rings is 1. The third-order valence-electron chi connectivity index (χ3n) is 7.22. The number of fused-ring (bicyclic) bond motifs is 3. The van der Waals surface area contributed by atoms with Crippen molar-refractivity contribution >= 4 is 23.0 Å². The van der Waals surface area contributed by atoms with E-state index in [9.17, 15) is 4.79 Å². The number of anilines is 1. The molecule has 1 amide bonds. The number of carbonyl (C=O) groups excluding carboxylic acids is 1. The molecule has 3 aliphatic rings. The molecule has 7 nitrogen and oxygen atoms in total. The Morgan fingerprint density at radius 1 is 1.13 bits per heavy atom. The van der Waals surface area contributed by atoms with Gasteiger partial charge in [-0.2, -0.15) is 4.98 Å². The van der Waals surface area contributed by atoms with Gasteiger partial charge in [0.25, 0.3) is 11.9 Å². The standard InChI is InChI=1S/C23H32N4O3/c1-14-12-29-13-15(2)27(14)23-25-21-19(8-5-9-20(21)30-23)22(28)24-16-10-17-6-4-7-18(11-16)26(17)3/h5,8-9,14-18H,4,6-7,10-13H2,1-3H3,(H,24,28)/t14-,15-,16?,17?,18?/m0/s1. The van der Waals surface area contributed by atoms with E-state index in [1.807, 2.05) is 18.2 Å². The van der Waals surface area contributed by atoms with Crippen LogP contribution in [0.15, 0.2) is 22.6 Å². The number of aromatic nitrogens is 1. The number of carbonyl (C=O) groups is 1. The molecule has 162 valence electrons. The number of hydrogen-bond donors (Lipinski definition) is 1. The van der Waals surface area contributed by atoms with Crippen LogP contribution in [0.3, 0.4) is 0 Å². The van der Waals surface area contributed by atoms with Gasteiger partial charge >= 0.3 is 0 Å². The summed E-state index contributed by atoms with van der Waals surface area (Å²) in [4.78, 5) is 22.6. The van der Waals surface area contributed by atoms with E-state index in [0.717, 1.165) is 12.8 Å². The average Bonchev–Trinajstić information content (AvgIpc) is 3.12. The fourth-order valence-corrected chi connectivity index (χ4v) is 5.61. The molecule has 30 heavy (non-hydrogen) atoms. The number of morpholine rings is 1. The second kappa shape index (κ2) is 7.85. The second-order valence-electron chi connectivity index (χ2n) is 9.34. The van der Waals surface area contributed by atoms with Crippen LogP contribution in [0.1, 0.15) is 56.3 Å². The highest BCUT2D eigenvalue weighted by molar-refractivity contribution is 6.04. The minimum Gasteiger partial charge on any atom is -0.423 e. The molecule has 4 atom stereocenters. The lowest BCUT2D eigenvalue weighted by atomic mass is 9.82. The summed E-state index contributed by atoms with van der Waals surface area (Å²) in [6.07, 6.45) is 5.83. The number of amides is 1.